The third-order valence-corrected chi connectivity index (χ3v) is 6.20. The smallest absolute Gasteiger partial charge is 0.303 e. The summed E-state index contributed by atoms with van der Waals surface area (Å²) < 4.78 is 28.1. The van der Waals surface area contributed by atoms with Crippen molar-refractivity contribution in [2.75, 3.05) is 4.31 Å². The Bertz CT molecular complexity index is 1030. The van der Waals surface area contributed by atoms with Gasteiger partial charge >= 0.3 is 5.97 Å². The highest BCUT2D eigenvalue weighted by molar-refractivity contribution is 7.92. The zero-order valence-electron chi connectivity index (χ0n) is 15.2. The van der Waals surface area contributed by atoms with Gasteiger partial charge in [0.05, 0.1) is 17.1 Å². The molecule has 3 rings (SSSR count). The number of anilines is 1. The molecule has 144 valence electrons. The number of carbonyl (C=O) groups is 1. The average molecular weight is 395 g/mol. The second-order valence-electron chi connectivity index (χ2n) is 6.32. The second-order valence-corrected chi connectivity index (χ2v) is 8.19. The summed E-state index contributed by atoms with van der Waals surface area (Å²) >= 11 is 0. The summed E-state index contributed by atoms with van der Waals surface area (Å²) in [6.45, 7) is 0.122. The minimum Gasteiger partial charge on any atom is -0.481 e. The molecule has 28 heavy (non-hydrogen) atoms. The number of rotatable bonds is 8. The van der Waals surface area contributed by atoms with E-state index in [0.717, 1.165) is 11.1 Å². The van der Waals surface area contributed by atoms with Gasteiger partial charge in [0.2, 0.25) is 0 Å². The van der Waals surface area contributed by atoms with Gasteiger partial charge in [0.1, 0.15) is 0 Å². The van der Waals surface area contributed by atoms with E-state index in [0.29, 0.717) is 12.1 Å². The minimum absolute atomic E-state index is 0.00617. The Labute approximate surface area is 164 Å². The molecule has 0 aromatic heterocycles. The topological polar surface area (TPSA) is 74.7 Å². The molecule has 0 aliphatic rings. The Balaban J connectivity index is 2.02. The van der Waals surface area contributed by atoms with Crippen LogP contribution in [0.15, 0.2) is 89.8 Å². The Kier molecular flexibility index (Phi) is 6.11. The van der Waals surface area contributed by atoms with Crippen LogP contribution < -0.4 is 4.31 Å². The van der Waals surface area contributed by atoms with Gasteiger partial charge < -0.3 is 5.11 Å². The first kappa shape index (κ1) is 19.6. The van der Waals surface area contributed by atoms with E-state index in [-0.39, 0.29) is 17.9 Å². The Hall–Kier alpha value is -3.12. The summed E-state index contributed by atoms with van der Waals surface area (Å²) in [6.07, 6.45) is 0.341. The predicted octanol–water partition coefficient (Wildman–Crippen LogP) is 4.10. The first-order chi connectivity index (χ1) is 13.5. The number of benzene rings is 3. The molecule has 0 fully saturated rings. The highest BCUT2D eigenvalue weighted by Crippen LogP contribution is 2.27. The molecule has 0 aliphatic carbocycles. The van der Waals surface area contributed by atoms with Gasteiger partial charge in [-0.3, -0.25) is 9.10 Å². The van der Waals surface area contributed by atoms with E-state index >= 15 is 0 Å². The molecule has 6 heteroatoms. The highest BCUT2D eigenvalue weighted by Gasteiger charge is 2.25. The third kappa shape index (κ3) is 4.58. The average Bonchev–Trinajstić information content (AvgIpc) is 2.72. The lowest BCUT2D eigenvalue weighted by atomic mass is 10.0. The standard InChI is InChI=1S/C22H21NO4S/c24-22(25)16-15-18-9-7-8-10-19(18)17-23(20-11-3-1-4-12-20)28(26,27)21-13-5-2-6-14-21/h1-14H,15-17H2,(H,24,25). The van der Waals surface area contributed by atoms with Gasteiger partial charge in [-0.1, -0.05) is 60.7 Å². The third-order valence-electron chi connectivity index (χ3n) is 4.42. The molecule has 1 N–H and O–H groups in total. The zero-order valence-corrected chi connectivity index (χ0v) is 16.0. The fourth-order valence-electron chi connectivity index (χ4n) is 2.98. The Morgan fingerprint density at radius 1 is 0.786 bits per heavy atom. The molecule has 0 heterocycles. The van der Waals surface area contributed by atoms with Gasteiger partial charge in [-0.2, -0.15) is 0 Å². The van der Waals surface area contributed by atoms with E-state index in [2.05, 4.69) is 0 Å². The summed E-state index contributed by atoms with van der Waals surface area (Å²) in [5.74, 6) is -0.883. The molecule has 0 saturated carbocycles. The number of carboxylic acid groups (broad SMARTS) is 1. The van der Waals surface area contributed by atoms with Crippen molar-refractivity contribution >= 4 is 21.7 Å². The van der Waals surface area contributed by atoms with Crippen LogP contribution in [0.25, 0.3) is 0 Å². The lowest BCUT2D eigenvalue weighted by Gasteiger charge is -2.25. The maximum atomic E-state index is 13.3. The number of aryl methyl sites for hydroxylation is 1. The van der Waals surface area contributed by atoms with Crippen molar-refractivity contribution in [2.24, 2.45) is 0 Å². The number of nitrogens with zero attached hydrogens (tertiary/aromatic N) is 1. The molecular formula is C22H21NO4S. The molecule has 0 aliphatic heterocycles. The number of hydrogen-bond donors (Lipinski definition) is 1. The van der Waals surface area contributed by atoms with Crippen molar-refractivity contribution in [3.05, 3.63) is 96.1 Å². The number of sulfonamides is 1. The monoisotopic (exact) mass is 395 g/mol. The van der Waals surface area contributed by atoms with Crippen molar-refractivity contribution in [1.29, 1.82) is 0 Å². The normalized spacial score (nSPS) is 11.1. The van der Waals surface area contributed by atoms with E-state index in [1.807, 2.05) is 30.3 Å². The van der Waals surface area contributed by atoms with Gasteiger partial charge in [-0.15, -0.1) is 0 Å². The predicted molar refractivity (Wildman–Crippen MR) is 109 cm³/mol. The largest absolute Gasteiger partial charge is 0.481 e. The van der Waals surface area contributed by atoms with Crippen LogP contribution >= 0.6 is 0 Å². The summed E-state index contributed by atoms with van der Waals surface area (Å²) in [6, 6.07) is 24.6. The maximum absolute atomic E-state index is 13.3. The lowest BCUT2D eigenvalue weighted by Crippen LogP contribution is -2.31. The highest BCUT2D eigenvalue weighted by atomic mass is 32.2. The van der Waals surface area contributed by atoms with E-state index in [4.69, 9.17) is 5.11 Å². The fourth-order valence-corrected chi connectivity index (χ4v) is 4.44. The van der Waals surface area contributed by atoms with Gasteiger partial charge in [0, 0.05) is 6.42 Å². The molecule has 5 nitrogen and oxygen atoms in total. The van der Waals surface area contributed by atoms with Crippen LogP contribution in [-0.4, -0.2) is 19.5 Å². The number of para-hydroxylation sites is 1. The lowest BCUT2D eigenvalue weighted by molar-refractivity contribution is -0.136. The molecule has 0 radical (unpaired) electrons. The van der Waals surface area contributed by atoms with E-state index in [9.17, 15) is 13.2 Å². The van der Waals surface area contributed by atoms with Crippen LogP contribution in [0.2, 0.25) is 0 Å². The zero-order chi connectivity index (χ0) is 20.0. The first-order valence-electron chi connectivity index (χ1n) is 8.90. The SMILES string of the molecule is O=C(O)CCc1ccccc1CN(c1ccccc1)S(=O)(=O)c1ccccc1. The number of hydrogen-bond acceptors (Lipinski definition) is 3. The van der Waals surface area contributed by atoms with Crippen LogP contribution in [0.1, 0.15) is 17.5 Å². The van der Waals surface area contributed by atoms with E-state index in [1.54, 1.807) is 54.6 Å². The van der Waals surface area contributed by atoms with Crippen molar-refractivity contribution in [3.63, 3.8) is 0 Å². The molecule has 0 spiro atoms. The van der Waals surface area contributed by atoms with Crippen LogP contribution in [0.4, 0.5) is 5.69 Å². The molecular weight excluding hydrogens is 374 g/mol. The van der Waals surface area contributed by atoms with Crippen LogP contribution in [0.3, 0.4) is 0 Å². The molecule has 3 aromatic carbocycles. The number of carboxylic acids is 1. The molecule has 0 atom stereocenters. The van der Waals surface area contributed by atoms with Gasteiger partial charge in [0.25, 0.3) is 10.0 Å². The molecule has 3 aromatic rings. The van der Waals surface area contributed by atoms with Gasteiger partial charge in [0.15, 0.2) is 0 Å². The van der Waals surface area contributed by atoms with Crippen molar-refractivity contribution < 1.29 is 18.3 Å². The molecule has 0 saturated heterocycles. The minimum atomic E-state index is -3.78. The fraction of sp³-hybridized carbons (Fsp3) is 0.136. The summed E-state index contributed by atoms with van der Waals surface area (Å²) in [5.41, 5.74) is 2.17. The summed E-state index contributed by atoms with van der Waals surface area (Å²) in [4.78, 5) is 11.2. The van der Waals surface area contributed by atoms with Crippen molar-refractivity contribution in [2.45, 2.75) is 24.3 Å². The van der Waals surface area contributed by atoms with E-state index in [1.165, 1.54) is 4.31 Å². The molecule has 0 unspecified atom stereocenters. The molecule has 0 amide bonds. The Morgan fingerprint density at radius 3 is 1.93 bits per heavy atom. The molecule has 0 bridgehead atoms. The second kappa shape index (κ2) is 8.71. The van der Waals surface area contributed by atoms with E-state index < -0.39 is 16.0 Å². The van der Waals surface area contributed by atoms with Crippen LogP contribution in [0.5, 0.6) is 0 Å². The summed E-state index contributed by atoms with van der Waals surface area (Å²) in [7, 11) is -3.78. The van der Waals surface area contributed by atoms with Gasteiger partial charge in [-0.25, -0.2) is 8.42 Å². The van der Waals surface area contributed by atoms with Crippen LogP contribution in [0, 0.1) is 0 Å². The Morgan fingerprint density at radius 2 is 1.32 bits per heavy atom. The maximum Gasteiger partial charge on any atom is 0.303 e. The first-order valence-corrected chi connectivity index (χ1v) is 10.3. The quantitative estimate of drug-likeness (QED) is 0.623. The van der Waals surface area contributed by atoms with Crippen molar-refractivity contribution in [3.8, 4) is 0 Å². The number of aliphatic carboxylic acids is 1. The van der Waals surface area contributed by atoms with Crippen LogP contribution in [-0.2, 0) is 27.8 Å². The van der Waals surface area contributed by atoms with Gasteiger partial charge in [-0.05, 0) is 41.8 Å². The summed E-state index contributed by atoms with van der Waals surface area (Å²) in [5, 5.41) is 9.00. The van der Waals surface area contributed by atoms with Crippen molar-refractivity contribution in [1.82, 2.24) is 0 Å².